The zero-order valence-electron chi connectivity index (χ0n) is 17.2. The monoisotopic (exact) mass is 370 g/mol. The van der Waals surface area contributed by atoms with E-state index < -0.39 is 30.0 Å². The van der Waals surface area contributed by atoms with Crippen molar-refractivity contribution in [2.75, 3.05) is 11.4 Å². The van der Waals surface area contributed by atoms with Gasteiger partial charge in [0.2, 0.25) is 0 Å². The summed E-state index contributed by atoms with van der Waals surface area (Å²) < 4.78 is 17.7. The molecule has 7 heteroatoms. The molecule has 0 saturated carbocycles. The summed E-state index contributed by atoms with van der Waals surface area (Å²) in [5, 5.41) is 9.70. The standard InChI is InChI=1S/C20H27BN2O4/c1-18(2,3)25-17(24)23-9-8-13-10-15(11-14(12-22)16(13)23)21-26-19(4,5)20(6,7)27-21/h10-11H,8-9H2,1-7H3. The molecule has 0 atom stereocenters. The van der Waals surface area contributed by atoms with Gasteiger partial charge in [-0.2, -0.15) is 5.26 Å². The normalized spacial score (nSPS) is 20.4. The number of hydrogen-bond acceptors (Lipinski definition) is 5. The van der Waals surface area contributed by atoms with Crippen LogP contribution in [-0.2, 0) is 20.5 Å². The molecule has 27 heavy (non-hydrogen) atoms. The minimum Gasteiger partial charge on any atom is -0.443 e. The van der Waals surface area contributed by atoms with Crippen LogP contribution < -0.4 is 10.4 Å². The van der Waals surface area contributed by atoms with Crippen molar-refractivity contribution in [1.82, 2.24) is 0 Å². The smallest absolute Gasteiger partial charge is 0.443 e. The van der Waals surface area contributed by atoms with Crippen LogP contribution in [0.5, 0.6) is 0 Å². The number of nitrogens with zero attached hydrogens (tertiary/aromatic N) is 2. The van der Waals surface area contributed by atoms with E-state index in [9.17, 15) is 10.1 Å². The minimum absolute atomic E-state index is 0.430. The summed E-state index contributed by atoms with van der Waals surface area (Å²) in [5.74, 6) is 0. The summed E-state index contributed by atoms with van der Waals surface area (Å²) in [6.07, 6.45) is 0.234. The second-order valence-electron chi connectivity index (χ2n) is 9.16. The number of nitriles is 1. The number of carbonyl (C=O) groups excluding carboxylic acids is 1. The molecular formula is C20H27BN2O4. The number of benzene rings is 1. The van der Waals surface area contributed by atoms with Gasteiger partial charge in [0.1, 0.15) is 11.7 Å². The molecule has 0 radical (unpaired) electrons. The molecule has 1 saturated heterocycles. The maximum atomic E-state index is 12.5. The summed E-state index contributed by atoms with van der Waals surface area (Å²) in [5.41, 5.74) is 1.31. The van der Waals surface area contributed by atoms with E-state index in [4.69, 9.17) is 14.0 Å². The Balaban J connectivity index is 1.94. The Kier molecular flexibility index (Phi) is 4.57. The third kappa shape index (κ3) is 3.56. The summed E-state index contributed by atoms with van der Waals surface area (Å²) >= 11 is 0. The van der Waals surface area contributed by atoms with Crippen molar-refractivity contribution < 1.29 is 18.8 Å². The molecule has 1 aromatic carbocycles. The van der Waals surface area contributed by atoms with Crippen LogP contribution in [0.25, 0.3) is 0 Å². The van der Waals surface area contributed by atoms with Gasteiger partial charge < -0.3 is 14.0 Å². The van der Waals surface area contributed by atoms with Gasteiger partial charge in [-0.3, -0.25) is 4.90 Å². The zero-order chi connectivity index (χ0) is 20.2. The van der Waals surface area contributed by atoms with Gasteiger partial charge in [0.05, 0.1) is 22.5 Å². The molecule has 0 bridgehead atoms. The molecule has 0 aliphatic carbocycles. The van der Waals surface area contributed by atoms with E-state index in [0.29, 0.717) is 24.2 Å². The van der Waals surface area contributed by atoms with Crippen molar-refractivity contribution in [3.05, 3.63) is 23.3 Å². The van der Waals surface area contributed by atoms with E-state index >= 15 is 0 Å². The third-order valence-electron chi connectivity index (χ3n) is 5.35. The Bertz CT molecular complexity index is 804. The minimum atomic E-state index is -0.588. The fraction of sp³-hybridized carbons (Fsp3) is 0.600. The molecule has 1 aromatic rings. The average molecular weight is 370 g/mol. The molecular weight excluding hydrogens is 343 g/mol. The molecule has 144 valence electrons. The number of fused-ring (bicyclic) bond motifs is 1. The van der Waals surface area contributed by atoms with Gasteiger partial charge in [0.25, 0.3) is 0 Å². The van der Waals surface area contributed by atoms with Gasteiger partial charge >= 0.3 is 13.2 Å². The lowest BCUT2D eigenvalue weighted by Gasteiger charge is -2.32. The number of rotatable bonds is 1. The highest BCUT2D eigenvalue weighted by atomic mass is 16.7. The predicted octanol–water partition coefficient (Wildman–Crippen LogP) is 3.16. The molecule has 0 N–H and O–H groups in total. The van der Waals surface area contributed by atoms with E-state index in [2.05, 4.69) is 6.07 Å². The predicted molar refractivity (Wildman–Crippen MR) is 104 cm³/mol. The van der Waals surface area contributed by atoms with Crippen molar-refractivity contribution in [3.8, 4) is 6.07 Å². The summed E-state index contributed by atoms with van der Waals surface area (Å²) in [6.45, 7) is 14.0. The van der Waals surface area contributed by atoms with Crippen molar-refractivity contribution >= 4 is 24.4 Å². The van der Waals surface area contributed by atoms with Crippen LogP contribution in [0.4, 0.5) is 10.5 Å². The molecule has 3 rings (SSSR count). The summed E-state index contributed by atoms with van der Waals surface area (Å²) in [4.78, 5) is 14.1. The Morgan fingerprint density at radius 2 is 1.81 bits per heavy atom. The van der Waals surface area contributed by atoms with E-state index in [1.165, 1.54) is 0 Å². The first kappa shape index (κ1) is 19.7. The third-order valence-corrected chi connectivity index (χ3v) is 5.35. The van der Waals surface area contributed by atoms with Gasteiger partial charge in [-0.05, 0) is 72.0 Å². The maximum Gasteiger partial charge on any atom is 0.494 e. The van der Waals surface area contributed by atoms with E-state index in [1.807, 2.05) is 54.5 Å². The fourth-order valence-corrected chi connectivity index (χ4v) is 3.27. The van der Waals surface area contributed by atoms with Crippen LogP contribution in [0, 0.1) is 11.3 Å². The van der Waals surface area contributed by atoms with Crippen molar-refractivity contribution in [1.29, 1.82) is 5.26 Å². The number of amides is 1. The molecule has 6 nitrogen and oxygen atoms in total. The largest absolute Gasteiger partial charge is 0.494 e. The van der Waals surface area contributed by atoms with Crippen LogP contribution in [0.1, 0.15) is 59.6 Å². The van der Waals surface area contributed by atoms with Gasteiger partial charge in [0, 0.05) is 6.54 Å². The second kappa shape index (κ2) is 6.25. The molecule has 1 amide bonds. The molecule has 2 heterocycles. The Morgan fingerprint density at radius 3 is 2.33 bits per heavy atom. The molecule has 2 aliphatic heterocycles. The molecule has 0 spiro atoms. The zero-order valence-corrected chi connectivity index (χ0v) is 17.2. The highest BCUT2D eigenvalue weighted by Gasteiger charge is 2.52. The van der Waals surface area contributed by atoms with Crippen molar-refractivity contribution in [2.24, 2.45) is 0 Å². The number of anilines is 1. The topological polar surface area (TPSA) is 71.8 Å². The van der Waals surface area contributed by atoms with Crippen LogP contribution in [0.2, 0.25) is 0 Å². The summed E-state index contributed by atoms with van der Waals surface area (Å²) in [6, 6.07) is 5.95. The van der Waals surface area contributed by atoms with Crippen LogP contribution in [-0.4, -0.2) is 36.6 Å². The SMILES string of the molecule is CC(C)(C)OC(=O)N1CCc2cc(B3OC(C)(C)C(C)(C)O3)cc(C#N)c21. The first-order chi connectivity index (χ1) is 12.3. The molecule has 0 aromatic heterocycles. The van der Waals surface area contributed by atoms with Gasteiger partial charge in [0.15, 0.2) is 0 Å². The Hall–Kier alpha value is -2.04. The highest BCUT2D eigenvalue weighted by Crippen LogP contribution is 2.38. The van der Waals surface area contributed by atoms with Crippen LogP contribution in [0.15, 0.2) is 12.1 Å². The highest BCUT2D eigenvalue weighted by molar-refractivity contribution is 6.62. The lowest BCUT2D eigenvalue weighted by molar-refractivity contribution is 0.00578. The average Bonchev–Trinajstić information content (AvgIpc) is 3.03. The first-order valence-electron chi connectivity index (χ1n) is 9.28. The van der Waals surface area contributed by atoms with E-state index in [1.54, 1.807) is 11.0 Å². The quantitative estimate of drug-likeness (QED) is 0.710. The summed E-state index contributed by atoms with van der Waals surface area (Å²) in [7, 11) is -0.539. The second-order valence-corrected chi connectivity index (χ2v) is 9.16. The van der Waals surface area contributed by atoms with E-state index in [-0.39, 0.29) is 0 Å². The van der Waals surface area contributed by atoms with Crippen LogP contribution in [0.3, 0.4) is 0 Å². The lowest BCUT2D eigenvalue weighted by Crippen LogP contribution is -2.41. The van der Waals surface area contributed by atoms with E-state index in [0.717, 1.165) is 11.0 Å². The Morgan fingerprint density at radius 1 is 1.22 bits per heavy atom. The molecule has 0 unspecified atom stereocenters. The fourth-order valence-electron chi connectivity index (χ4n) is 3.27. The van der Waals surface area contributed by atoms with Crippen molar-refractivity contribution in [2.45, 2.75) is 71.7 Å². The molecule has 1 fully saturated rings. The Labute approximate surface area is 161 Å². The number of carbonyl (C=O) groups is 1. The van der Waals surface area contributed by atoms with Gasteiger partial charge in [-0.15, -0.1) is 0 Å². The number of ether oxygens (including phenoxy) is 1. The van der Waals surface area contributed by atoms with Crippen LogP contribution >= 0.6 is 0 Å². The van der Waals surface area contributed by atoms with Gasteiger partial charge in [-0.25, -0.2) is 4.79 Å². The van der Waals surface area contributed by atoms with Gasteiger partial charge in [-0.1, -0.05) is 6.07 Å². The molecule has 2 aliphatic rings. The number of hydrogen-bond donors (Lipinski definition) is 0. The maximum absolute atomic E-state index is 12.5. The lowest BCUT2D eigenvalue weighted by atomic mass is 9.77. The van der Waals surface area contributed by atoms with Crippen molar-refractivity contribution in [3.63, 3.8) is 0 Å². The first-order valence-corrected chi connectivity index (χ1v) is 9.28.